The molecule has 0 aromatic carbocycles. The molecule has 0 fully saturated rings. The Morgan fingerprint density at radius 2 is 1.12 bits per heavy atom. The largest absolute Gasteiger partial charge is 0.481 e. The highest BCUT2D eigenvalue weighted by molar-refractivity contribution is 5.69. The lowest BCUT2D eigenvalue weighted by atomic mass is 10.0. The topological polar surface area (TPSA) is 63.6 Å². The number of esters is 1. The summed E-state index contributed by atoms with van der Waals surface area (Å²) < 4.78 is 5.56. The third kappa shape index (κ3) is 26.8. The zero-order chi connectivity index (χ0) is 24.4. The van der Waals surface area contributed by atoms with Crippen molar-refractivity contribution in [1.82, 2.24) is 0 Å². The molecule has 0 aliphatic carbocycles. The smallest absolute Gasteiger partial charge is 0.306 e. The summed E-state index contributed by atoms with van der Waals surface area (Å²) in [6.45, 7) is 4.25. The molecule has 33 heavy (non-hydrogen) atoms. The Balaban J connectivity index is 3.35. The first-order valence-electron chi connectivity index (χ1n) is 14.1. The fraction of sp³-hybridized carbons (Fsp3) is 0.862. The summed E-state index contributed by atoms with van der Waals surface area (Å²) >= 11 is 0. The van der Waals surface area contributed by atoms with Crippen LogP contribution >= 0.6 is 0 Å². The lowest BCUT2D eigenvalue weighted by Gasteiger charge is -2.13. The number of carboxylic acid groups (broad SMARTS) is 1. The first kappa shape index (κ1) is 31.7. The summed E-state index contributed by atoms with van der Waals surface area (Å²) in [6.07, 6.45) is 29.0. The van der Waals surface area contributed by atoms with Gasteiger partial charge in [0.15, 0.2) is 0 Å². The Hall–Kier alpha value is -1.32. The highest BCUT2D eigenvalue weighted by Crippen LogP contribution is 2.14. The van der Waals surface area contributed by atoms with Crippen molar-refractivity contribution >= 4 is 11.9 Å². The van der Waals surface area contributed by atoms with Gasteiger partial charge < -0.3 is 9.84 Å². The average molecular weight is 467 g/mol. The molecule has 0 saturated heterocycles. The van der Waals surface area contributed by atoms with Gasteiger partial charge in [-0.2, -0.15) is 0 Å². The standard InChI is InChI=1S/C29H54O4/c1-3-4-5-6-7-8-9-10-14-17-20-23-26-29(32)33-27(2)24-21-18-15-12-11-13-16-19-22-25-28(30)31/h6-7,27H,3-5,8-26H2,1-2H3,(H,30,31)/b7-6-. The van der Waals surface area contributed by atoms with Crippen LogP contribution in [0.2, 0.25) is 0 Å². The summed E-state index contributed by atoms with van der Waals surface area (Å²) in [6, 6.07) is 0. The molecule has 0 heterocycles. The maximum absolute atomic E-state index is 12.0. The monoisotopic (exact) mass is 466 g/mol. The van der Waals surface area contributed by atoms with Crippen LogP contribution in [-0.4, -0.2) is 23.1 Å². The maximum atomic E-state index is 12.0. The van der Waals surface area contributed by atoms with Crippen molar-refractivity contribution in [1.29, 1.82) is 0 Å². The summed E-state index contributed by atoms with van der Waals surface area (Å²) in [7, 11) is 0. The van der Waals surface area contributed by atoms with Crippen LogP contribution in [0.5, 0.6) is 0 Å². The summed E-state index contributed by atoms with van der Waals surface area (Å²) in [5.41, 5.74) is 0. The Bertz CT molecular complexity index is 472. The van der Waals surface area contributed by atoms with Gasteiger partial charge in [0.2, 0.25) is 0 Å². The number of ether oxygens (including phenoxy) is 1. The molecule has 0 spiro atoms. The van der Waals surface area contributed by atoms with Gasteiger partial charge in [-0.05, 0) is 51.9 Å². The molecule has 194 valence electrons. The summed E-state index contributed by atoms with van der Waals surface area (Å²) in [4.78, 5) is 22.4. The Labute approximate surface area is 204 Å². The molecule has 0 aliphatic heterocycles. The van der Waals surface area contributed by atoms with Crippen molar-refractivity contribution < 1.29 is 19.4 Å². The predicted octanol–water partition coefficient (Wildman–Crippen LogP) is 9.16. The van der Waals surface area contributed by atoms with Crippen molar-refractivity contribution in [2.75, 3.05) is 0 Å². The Morgan fingerprint density at radius 1 is 0.667 bits per heavy atom. The first-order valence-corrected chi connectivity index (χ1v) is 14.1. The number of aliphatic carboxylic acids is 1. The van der Waals surface area contributed by atoms with Crippen molar-refractivity contribution in [3.63, 3.8) is 0 Å². The fourth-order valence-corrected chi connectivity index (χ4v) is 4.08. The molecule has 0 aliphatic rings. The fourth-order valence-electron chi connectivity index (χ4n) is 4.08. The SMILES string of the molecule is CCCC/C=C\CCCCCCCCC(=O)OC(C)CCCCCCCCCCCC(=O)O. The molecular weight excluding hydrogens is 412 g/mol. The van der Waals surface area contributed by atoms with Gasteiger partial charge >= 0.3 is 11.9 Å². The molecule has 1 unspecified atom stereocenters. The molecule has 0 bridgehead atoms. The average Bonchev–Trinajstić information content (AvgIpc) is 2.78. The van der Waals surface area contributed by atoms with E-state index in [2.05, 4.69) is 19.1 Å². The van der Waals surface area contributed by atoms with E-state index in [1.54, 1.807) is 0 Å². The highest BCUT2D eigenvalue weighted by atomic mass is 16.5. The van der Waals surface area contributed by atoms with Gasteiger partial charge in [-0.1, -0.05) is 103 Å². The minimum absolute atomic E-state index is 0.0254. The van der Waals surface area contributed by atoms with Crippen molar-refractivity contribution in [3.05, 3.63) is 12.2 Å². The minimum Gasteiger partial charge on any atom is -0.481 e. The summed E-state index contributed by atoms with van der Waals surface area (Å²) in [5, 5.41) is 8.61. The van der Waals surface area contributed by atoms with E-state index in [4.69, 9.17) is 9.84 Å². The van der Waals surface area contributed by atoms with Gasteiger partial charge in [-0.3, -0.25) is 9.59 Å². The first-order chi connectivity index (χ1) is 16.1. The van der Waals surface area contributed by atoms with Crippen molar-refractivity contribution in [3.8, 4) is 0 Å². The molecule has 0 aromatic rings. The second-order valence-corrected chi connectivity index (χ2v) is 9.69. The number of carbonyl (C=O) groups is 2. The van der Waals surface area contributed by atoms with E-state index in [1.807, 2.05) is 6.92 Å². The number of allylic oxidation sites excluding steroid dienone is 2. The highest BCUT2D eigenvalue weighted by Gasteiger charge is 2.09. The van der Waals surface area contributed by atoms with E-state index in [0.29, 0.717) is 12.8 Å². The number of carboxylic acids is 1. The van der Waals surface area contributed by atoms with Crippen LogP contribution in [-0.2, 0) is 14.3 Å². The summed E-state index contributed by atoms with van der Waals surface area (Å²) in [5.74, 6) is -0.708. The van der Waals surface area contributed by atoms with Gasteiger partial charge in [0, 0.05) is 12.8 Å². The van der Waals surface area contributed by atoms with E-state index in [0.717, 1.165) is 44.9 Å². The molecular formula is C29H54O4. The lowest BCUT2D eigenvalue weighted by Crippen LogP contribution is -2.14. The van der Waals surface area contributed by atoms with Crippen LogP contribution in [0.4, 0.5) is 0 Å². The Morgan fingerprint density at radius 3 is 1.67 bits per heavy atom. The minimum atomic E-state index is -0.683. The lowest BCUT2D eigenvalue weighted by molar-refractivity contribution is -0.148. The quantitative estimate of drug-likeness (QED) is 0.0827. The van der Waals surface area contributed by atoms with Gasteiger partial charge in [0.05, 0.1) is 6.10 Å². The molecule has 4 heteroatoms. The predicted molar refractivity (Wildman–Crippen MR) is 140 cm³/mol. The second kappa shape index (κ2) is 25.3. The normalized spacial score (nSPS) is 12.3. The molecule has 1 N–H and O–H groups in total. The second-order valence-electron chi connectivity index (χ2n) is 9.69. The van der Waals surface area contributed by atoms with E-state index in [9.17, 15) is 9.59 Å². The van der Waals surface area contributed by atoms with E-state index in [-0.39, 0.29) is 12.1 Å². The number of rotatable bonds is 25. The van der Waals surface area contributed by atoms with Crippen molar-refractivity contribution in [2.45, 2.75) is 161 Å². The maximum Gasteiger partial charge on any atom is 0.306 e. The number of carbonyl (C=O) groups excluding carboxylic acids is 1. The Kier molecular flexibility index (Phi) is 24.3. The molecule has 1 atom stereocenters. The molecule has 0 saturated carbocycles. The number of unbranched alkanes of at least 4 members (excludes halogenated alkanes) is 16. The van der Waals surface area contributed by atoms with Gasteiger partial charge in [0.1, 0.15) is 0 Å². The van der Waals surface area contributed by atoms with E-state index < -0.39 is 5.97 Å². The zero-order valence-electron chi connectivity index (χ0n) is 22.0. The van der Waals surface area contributed by atoms with Gasteiger partial charge in [0.25, 0.3) is 0 Å². The van der Waals surface area contributed by atoms with Crippen LogP contribution in [0.1, 0.15) is 155 Å². The van der Waals surface area contributed by atoms with Crippen LogP contribution in [0.15, 0.2) is 12.2 Å². The van der Waals surface area contributed by atoms with Crippen molar-refractivity contribution in [2.24, 2.45) is 0 Å². The van der Waals surface area contributed by atoms with Gasteiger partial charge in [-0.15, -0.1) is 0 Å². The molecule has 0 aromatic heterocycles. The van der Waals surface area contributed by atoms with E-state index in [1.165, 1.54) is 83.5 Å². The molecule has 4 nitrogen and oxygen atoms in total. The van der Waals surface area contributed by atoms with E-state index >= 15 is 0 Å². The van der Waals surface area contributed by atoms with Crippen LogP contribution in [0.25, 0.3) is 0 Å². The molecule has 0 rings (SSSR count). The third-order valence-corrected chi connectivity index (χ3v) is 6.23. The molecule has 0 amide bonds. The molecule has 0 radical (unpaired) electrons. The third-order valence-electron chi connectivity index (χ3n) is 6.23. The van der Waals surface area contributed by atoms with Crippen LogP contribution < -0.4 is 0 Å². The van der Waals surface area contributed by atoms with Crippen LogP contribution in [0, 0.1) is 0 Å². The number of hydrogen-bond acceptors (Lipinski definition) is 3. The van der Waals surface area contributed by atoms with Crippen LogP contribution in [0.3, 0.4) is 0 Å². The number of hydrogen-bond donors (Lipinski definition) is 1. The zero-order valence-corrected chi connectivity index (χ0v) is 22.0. The van der Waals surface area contributed by atoms with Gasteiger partial charge in [-0.25, -0.2) is 0 Å².